The lowest BCUT2D eigenvalue weighted by Gasteiger charge is -2.29. The third-order valence-electron chi connectivity index (χ3n) is 5.89. The Balaban J connectivity index is 1.73. The summed E-state index contributed by atoms with van der Waals surface area (Å²) in [6.45, 7) is 4.92. The predicted octanol–water partition coefficient (Wildman–Crippen LogP) is 3.81. The number of likely N-dealkylation sites (tertiary alicyclic amines) is 1. The summed E-state index contributed by atoms with van der Waals surface area (Å²) < 4.78 is 31.3. The van der Waals surface area contributed by atoms with E-state index in [4.69, 9.17) is 16.3 Å². The Kier molecular flexibility index (Phi) is 8.62. The normalized spacial score (nSPS) is 15.6. The minimum absolute atomic E-state index is 0.267. The van der Waals surface area contributed by atoms with E-state index in [2.05, 4.69) is 16.3 Å². The Hall–Kier alpha value is -2.29. The summed E-state index contributed by atoms with van der Waals surface area (Å²) in [6, 6.07) is 11.7. The first-order chi connectivity index (χ1) is 15.7. The van der Waals surface area contributed by atoms with Crippen LogP contribution < -0.4 is 14.4 Å². The van der Waals surface area contributed by atoms with Gasteiger partial charge in [0.05, 0.1) is 24.1 Å². The molecular weight excluding hydrogens is 462 g/mol. The van der Waals surface area contributed by atoms with Crippen LogP contribution in [0, 0.1) is 0 Å². The molecule has 0 spiro atoms. The molecule has 1 N–H and O–H groups in total. The fourth-order valence-electron chi connectivity index (χ4n) is 4.17. The number of anilines is 1. The largest absolute Gasteiger partial charge is 0.495 e. The lowest BCUT2D eigenvalue weighted by molar-refractivity contribution is -0.122. The van der Waals surface area contributed by atoms with Crippen molar-refractivity contribution in [2.45, 2.75) is 45.3 Å². The average Bonchev–Trinajstić information content (AvgIpc) is 2.78. The van der Waals surface area contributed by atoms with Gasteiger partial charge < -0.3 is 10.1 Å². The van der Waals surface area contributed by atoms with Gasteiger partial charge in [0.25, 0.3) is 0 Å². The van der Waals surface area contributed by atoms with E-state index in [1.165, 1.54) is 38.0 Å². The van der Waals surface area contributed by atoms with E-state index >= 15 is 0 Å². The molecule has 1 atom stereocenters. The lowest BCUT2D eigenvalue weighted by atomic mass is 10.0. The number of rotatable bonds is 9. The van der Waals surface area contributed by atoms with Crippen molar-refractivity contribution in [3.8, 4) is 5.75 Å². The van der Waals surface area contributed by atoms with Gasteiger partial charge in [0.1, 0.15) is 11.8 Å². The van der Waals surface area contributed by atoms with E-state index in [0.29, 0.717) is 18.0 Å². The quantitative estimate of drug-likeness (QED) is 0.574. The number of benzene rings is 2. The number of halogens is 1. The maximum atomic E-state index is 13.0. The maximum Gasteiger partial charge on any atom is 0.243 e. The number of carbonyl (C=O) groups excluding carboxylic acids is 1. The fourth-order valence-corrected chi connectivity index (χ4v) is 5.59. The number of carbonyl (C=O) groups is 1. The third-order valence-corrected chi connectivity index (χ3v) is 7.43. The van der Waals surface area contributed by atoms with Crippen LogP contribution in [0.15, 0.2) is 42.5 Å². The van der Waals surface area contributed by atoms with Gasteiger partial charge in [0, 0.05) is 13.1 Å². The van der Waals surface area contributed by atoms with Crippen molar-refractivity contribution in [1.82, 2.24) is 10.2 Å². The van der Waals surface area contributed by atoms with Crippen molar-refractivity contribution in [2.24, 2.45) is 0 Å². The highest BCUT2D eigenvalue weighted by Gasteiger charge is 2.29. The zero-order valence-electron chi connectivity index (χ0n) is 19.4. The van der Waals surface area contributed by atoms with Gasteiger partial charge in [-0.1, -0.05) is 42.3 Å². The molecule has 0 aliphatic carbocycles. The zero-order chi connectivity index (χ0) is 24.0. The number of nitrogens with one attached hydrogen (secondary N) is 1. The number of hydrogen-bond donors (Lipinski definition) is 1. The van der Waals surface area contributed by atoms with Crippen molar-refractivity contribution in [2.75, 3.05) is 30.8 Å². The first-order valence-corrected chi connectivity index (χ1v) is 13.3. The van der Waals surface area contributed by atoms with E-state index in [1.807, 2.05) is 18.2 Å². The lowest BCUT2D eigenvalue weighted by Crippen LogP contribution is -2.47. The molecule has 2 aromatic rings. The Morgan fingerprint density at radius 2 is 1.82 bits per heavy atom. The van der Waals surface area contributed by atoms with Crippen LogP contribution in [0.1, 0.15) is 37.3 Å². The highest BCUT2D eigenvalue weighted by Crippen LogP contribution is 2.31. The van der Waals surface area contributed by atoms with Crippen LogP contribution in [0.2, 0.25) is 5.02 Å². The molecule has 0 saturated carbocycles. The second-order valence-corrected chi connectivity index (χ2v) is 10.6. The summed E-state index contributed by atoms with van der Waals surface area (Å²) >= 11 is 6.20. The molecule has 0 radical (unpaired) electrons. The van der Waals surface area contributed by atoms with E-state index in [9.17, 15) is 13.2 Å². The summed E-state index contributed by atoms with van der Waals surface area (Å²) in [6.07, 6.45) is 4.78. The number of ether oxygens (including phenoxy) is 1. The minimum atomic E-state index is -3.74. The number of piperidine rings is 1. The van der Waals surface area contributed by atoms with Crippen molar-refractivity contribution < 1.29 is 17.9 Å². The average molecular weight is 494 g/mol. The van der Waals surface area contributed by atoms with E-state index in [-0.39, 0.29) is 10.9 Å². The smallest absolute Gasteiger partial charge is 0.243 e. The van der Waals surface area contributed by atoms with Crippen molar-refractivity contribution in [3.63, 3.8) is 0 Å². The Morgan fingerprint density at radius 3 is 2.42 bits per heavy atom. The zero-order valence-corrected chi connectivity index (χ0v) is 21.0. The van der Waals surface area contributed by atoms with Crippen LogP contribution in [0.3, 0.4) is 0 Å². The van der Waals surface area contributed by atoms with Crippen LogP contribution in [0.25, 0.3) is 0 Å². The molecule has 2 aromatic carbocycles. The van der Waals surface area contributed by atoms with E-state index in [0.717, 1.165) is 35.8 Å². The number of methoxy groups -OCH3 is 1. The second-order valence-electron chi connectivity index (χ2n) is 8.38. The summed E-state index contributed by atoms with van der Waals surface area (Å²) in [4.78, 5) is 15.4. The molecule has 3 rings (SSSR count). The number of hydrogen-bond acceptors (Lipinski definition) is 5. The van der Waals surface area contributed by atoms with Crippen molar-refractivity contribution in [3.05, 3.63) is 58.6 Å². The monoisotopic (exact) mass is 493 g/mol. The van der Waals surface area contributed by atoms with Gasteiger partial charge in [0.15, 0.2) is 0 Å². The molecule has 0 aromatic heterocycles. The number of nitrogens with zero attached hydrogens (tertiary/aromatic N) is 2. The standard InChI is InChI=1S/C24H32ClN3O4S/c1-18(28(33(3,30)31)21-11-12-23(32-2)22(25)15-21)24(29)26-16-19-9-5-6-10-20(19)17-27-13-7-4-8-14-27/h5-6,9-12,15,18H,4,7-8,13-14,16-17H2,1-3H3,(H,26,29). The van der Waals surface area contributed by atoms with Gasteiger partial charge in [-0.2, -0.15) is 0 Å². The van der Waals surface area contributed by atoms with Gasteiger partial charge in [-0.15, -0.1) is 0 Å². The maximum absolute atomic E-state index is 13.0. The van der Waals surface area contributed by atoms with Crippen LogP contribution >= 0.6 is 11.6 Å². The molecule has 7 nitrogen and oxygen atoms in total. The topological polar surface area (TPSA) is 79.0 Å². The summed E-state index contributed by atoms with van der Waals surface area (Å²) in [5, 5.41) is 3.18. The Labute approximate surface area is 201 Å². The van der Waals surface area contributed by atoms with Gasteiger partial charge in [0.2, 0.25) is 15.9 Å². The third kappa shape index (κ3) is 6.62. The molecule has 1 heterocycles. The summed E-state index contributed by atoms with van der Waals surface area (Å²) in [5.41, 5.74) is 2.51. The Morgan fingerprint density at radius 1 is 1.15 bits per heavy atom. The first-order valence-electron chi connectivity index (χ1n) is 11.1. The van der Waals surface area contributed by atoms with Crippen molar-refractivity contribution in [1.29, 1.82) is 0 Å². The SMILES string of the molecule is COc1ccc(N(C(C)C(=O)NCc2ccccc2CN2CCCCC2)S(C)(=O)=O)cc1Cl. The van der Waals surface area contributed by atoms with Gasteiger partial charge in [-0.3, -0.25) is 14.0 Å². The fraction of sp³-hybridized carbons (Fsp3) is 0.458. The molecule has 9 heteroatoms. The van der Waals surface area contributed by atoms with E-state index < -0.39 is 16.1 Å². The molecular formula is C24H32ClN3O4S. The van der Waals surface area contributed by atoms with Gasteiger partial charge >= 0.3 is 0 Å². The van der Waals surface area contributed by atoms with Gasteiger partial charge in [-0.25, -0.2) is 8.42 Å². The molecule has 0 bridgehead atoms. The molecule has 33 heavy (non-hydrogen) atoms. The summed E-state index contributed by atoms with van der Waals surface area (Å²) in [7, 11) is -2.26. The molecule has 1 aliphatic rings. The van der Waals surface area contributed by atoms with Crippen molar-refractivity contribution >= 4 is 33.2 Å². The molecule has 1 aliphatic heterocycles. The number of amides is 1. The van der Waals surface area contributed by atoms with Crippen LogP contribution in [0.4, 0.5) is 5.69 Å². The van der Waals surface area contributed by atoms with Gasteiger partial charge in [-0.05, 0) is 62.2 Å². The van der Waals surface area contributed by atoms with Crippen LogP contribution in [0.5, 0.6) is 5.75 Å². The molecule has 1 saturated heterocycles. The highest BCUT2D eigenvalue weighted by molar-refractivity contribution is 7.92. The molecule has 1 fully saturated rings. The molecule has 1 amide bonds. The van der Waals surface area contributed by atoms with E-state index in [1.54, 1.807) is 19.1 Å². The Bertz CT molecular complexity index is 1070. The minimum Gasteiger partial charge on any atom is -0.495 e. The number of sulfonamides is 1. The van der Waals surface area contributed by atoms with Crippen LogP contribution in [-0.2, 0) is 27.9 Å². The second kappa shape index (κ2) is 11.2. The first kappa shape index (κ1) is 25.3. The molecule has 1 unspecified atom stereocenters. The highest BCUT2D eigenvalue weighted by atomic mass is 35.5. The molecule has 180 valence electrons. The van der Waals surface area contributed by atoms with Crippen LogP contribution in [-0.4, -0.2) is 51.7 Å². The summed E-state index contributed by atoms with van der Waals surface area (Å²) in [5.74, 6) is 0.0384. The predicted molar refractivity (Wildman–Crippen MR) is 132 cm³/mol.